The van der Waals surface area contributed by atoms with Crippen molar-refractivity contribution in [1.82, 2.24) is 9.55 Å². The lowest BCUT2D eigenvalue weighted by Crippen LogP contribution is -1.97. The lowest BCUT2D eigenvalue weighted by Gasteiger charge is -2.02. The predicted octanol–water partition coefficient (Wildman–Crippen LogP) is 4.43. The molecule has 0 amide bonds. The van der Waals surface area contributed by atoms with E-state index in [1.165, 1.54) is 20.8 Å². The molecule has 1 N–H and O–H groups in total. The first-order chi connectivity index (χ1) is 8.63. The van der Waals surface area contributed by atoms with Crippen LogP contribution in [0.3, 0.4) is 0 Å². The highest BCUT2D eigenvalue weighted by Gasteiger charge is 2.06. The summed E-state index contributed by atoms with van der Waals surface area (Å²) in [5.41, 5.74) is 3.54. The molecule has 0 saturated heterocycles. The van der Waals surface area contributed by atoms with Gasteiger partial charge >= 0.3 is 0 Å². The number of hydrogen-bond acceptors (Lipinski definition) is 2. The third-order valence-corrected chi connectivity index (χ3v) is 4.35. The molecule has 0 saturated carbocycles. The van der Waals surface area contributed by atoms with Gasteiger partial charge < -0.3 is 9.55 Å². The van der Waals surface area contributed by atoms with Crippen LogP contribution in [0.25, 0.3) is 11.0 Å². The van der Waals surface area contributed by atoms with Gasteiger partial charge in [-0.3, -0.25) is 0 Å². The smallest absolute Gasteiger partial charge is 0.178 e. The van der Waals surface area contributed by atoms with Crippen molar-refractivity contribution in [3.05, 3.63) is 50.4 Å². The van der Waals surface area contributed by atoms with Crippen LogP contribution in [0.1, 0.15) is 15.3 Å². The number of aromatic amines is 1. The molecule has 2 nitrogen and oxygen atoms in total. The maximum atomic E-state index is 5.41. The molecule has 2 aromatic heterocycles. The number of rotatable bonds is 2. The minimum Gasteiger partial charge on any atom is -0.331 e. The zero-order valence-corrected chi connectivity index (χ0v) is 12.0. The maximum Gasteiger partial charge on any atom is 0.178 e. The first-order valence-corrected chi connectivity index (χ1v) is 7.10. The van der Waals surface area contributed by atoms with Crippen LogP contribution in [0.2, 0.25) is 0 Å². The normalized spacial score (nSPS) is 11.2. The molecule has 1 aromatic carbocycles. The lowest BCUT2D eigenvalue weighted by molar-refractivity contribution is 0.823. The monoisotopic (exact) mass is 274 g/mol. The third-order valence-electron chi connectivity index (χ3n) is 3.04. The molecule has 0 aliphatic rings. The van der Waals surface area contributed by atoms with Gasteiger partial charge in [0.25, 0.3) is 0 Å². The summed E-state index contributed by atoms with van der Waals surface area (Å²) in [6, 6.07) is 10.7. The van der Waals surface area contributed by atoms with Gasteiger partial charge in [-0.15, -0.1) is 11.3 Å². The second-order valence-electron chi connectivity index (χ2n) is 4.55. The number of nitrogens with one attached hydrogen (secondary N) is 1. The van der Waals surface area contributed by atoms with Gasteiger partial charge in [0.2, 0.25) is 0 Å². The van der Waals surface area contributed by atoms with E-state index in [1.807, 2.05) is 11.3 Å². The minimum absolute atomic E-state index is 0.793. The molecule has 3 rings (SSSR count). The van der Waals surface area contributed by atoms with E-state index in [-0.39, 0.29) is 0 Å². The number of fused-ring (bicyclic) bond motifs is 1. The Hall–Kier alpha value is -1.39. The van der Waals surface area contributed by atoms with E-state index in [0.29, 0.717) is 0 Å². The van der Waals surface area contributed by atoms with Crippen LogP contribution in [0.15, 0.2) is 30.3 Å². The number of nitrogens with zero attached hydrogens (tertiary/aromatic N) is 1. The van der Waals surface area contributed by atoms with Gasteiger partial charge in [-0.2, -0.15) is 0 Å². The number of hydrogen-bond donors (Lipinski definition) is 1. The van der Waals surface area contributed by atoms with Gasteiger partial charge in [0.1, 0.15) is 0 Å². The number of thiophene rings is 1. The van der Waals surface area contributed by atoms with Crippen LogP contribution in [0, 0.1) is 18.6 Å². The third kappa shape index (κ3) is 2.02. The highest BCUT2D eigenvalue weighted by molar-refractivity contribution is 7.71. The molecular formula is C14H14N2S2. The van der Waals surface area contributed by atoms with Crippen LogP contribution in [-0.2, 0) is 6.54 Å². The minimum atomic E-state index is 0.793. The van der Waals surface area contributed by atoms with Gasteiger partial charge in [-0.25, -0.2) is 0 Å². The fourth-order valence-corrected chi connectivity index (χ4v) is 3.31. The zero-order chi connectivity index (χ0) is 12.7. The summed E-state index contributed by atoms with van der Waals surface area (Å²) < 4.78 is 2.96. The van der Waals surface area contributed by atoms with Crippen molar-refractivity contribution in [2.24, 2.45) is 0 Å². The van der Waals surface area contributed by atoms with Gasteiger partial charge in [0.05, 0.1) is 17.6 Å². The Bertz CT molecular complexity index is 762. The molecule has 3 aromatic rings. The molecule has 0 radical (unpaired) electrons. The number of aromatic nitrogens is 2. The van der Waals surface area contributed by atoms with Gasteiger partial charge in [-0.1, -0.05) is 6.07 Å². The Morgan fingerprint density at radius 1 is 1.22 bits per heavy atom. The van der Waals surface area contributed by atoms with Crippen molar-refractivity contribution in [3.8, 4) is 0 Å². The Morgan fingerprint density at radius 3 is 2.78 bits per heavy atom. The van der Waals surface area contributed by atoms with Crippen molar-refractivity contribution in [1.29, 1.82) is 0 Å². The fraction of sp³-hybridized carbons (Fsp3) is 0.214. The molecule has 92 valence electrons. The average molecular weight is 274 g/mol. The topological polar surface area (TPSA) is 20.7 Å². The van der Waals surface area contributed by atoms with E-state index in [4.69, 9.17) is 12.2 Å². The predicted molar refractivity (Wildman–Crippen MR) is 80.0 cm³/mol. The van der Waals surface area contributed by atoms with E-state index in [9.17, 15) is 0 Å². The Kier molecular flexibility index (Phi) is 2.84. The number of H-pyrrole nitrogens is 1. The van der Waals surface area contributed by atoms with E-state index in [2.05, 4.69) is 53.7 Å². The van der Waals surface area contributed by atoms with E-state index in [1.54, 1.807) is 0 Å². The quantitative estimate of drug-likeness (QED) is 0.686. The molecule has 0 bridgehead atoms. The molecule has 0 aliphatic heterocycles. The summed E-state index contributed by atoms with van der Waals surface area (Å²) in [4.78, 5) is 5.96. The van der Waals surface area contributed by atoms with Crippen LogP contribution in [0.5, 0.6) is 0 Å². The fourth-order valence-electron chi connectivity index (χ4n) is 2.16. The zero-order valence-electron chi connectivity index (χ0n) is 10.4. The van der Waals surface area contributed by atoms with E-state index >= 15 is 0 Å². The largest absolute Gasteiger partial charge is 0.331 e. The molecule has 2 heterocycles. The van der Waals surface area contributed by atoms with Crippen molar-refractivity contribution in [2.45, 2.75) is 20.4 Å². The Labute approximate surface area is 115 Å². The van der Waals surface area contributed by atoms with Crippen LogP contribution in [0.4, 0.5) is 0 Å². The number of benzene rings is 1. The molecule has 0 fully saturated rings. The summed E-state index contributed by atoms with van der Waals surface area (Å²) in [7, 11) is 0. The molecule has 18 heavy (non-hydrogen) atoms. The highest BCUT2D eigenvalue weighted by Crippen LogP contribution is 2.21. The second kappa shape index (κ2) is 4.37. The van der Waals surface area contributed by atoms with Crippen molar-refractivity contribution < 1.29 is 0 Å². The van der Waals surface area contributed by atoms with Crippen LogP contribution < -0.4 is 0 Å². The van der Waals surface area contributed by atoms with Gasteiger partial charge in [0, 0.05) is 9.75 Å². The SMILES string of the molecule is Cc1ccc2c(c1)[nH]c(=S)n2Cc1ccc(C)s1. The van der Waals surface area contributed by atoms with Crippen molar-refractivity contribution in [2.75, 3.05) is 0 Å². The summed E-state index contributed by atoms with van der Waals surface area (Å²) in [5, 5.41) is 0. The van der Waals surface area contributed by atoms with Gasteiger partial charge in [-0.05, 0) is 55.9 Å². The number of imidazole rings is 1. The van der Waals surface area contributed by atoms with E-state index in [0.717, 1.165) is 16.8 Å². The van der Waals surface area contributed by atoms with Crippen LogP contribution >= 0.6 is 23.6 Å². The van der Waals surface area contributed by atoms with E-state index < -0.39 is 0 Å². The van der Waals surface area contributed by atoms with Crippen molar-refractivity contribution in [3.63, 3.8) is 0 Å². The lowest BCUT2D eigenvalue weighted by atomic mass is 10.2. The molecule has 0 spiro atoms. The first kappa shape index (κ1) is 11.7. The second-order valence-corrected chi connectivity index (χ2v) is 6.31. The molecule has 0 aliphatic carbocycles. The average Bonchev–Trinajstić information content (AvgIpc) is 2.84. The maximum absolute atomic E-state index is 5.41. The highest BCUT2D eigenvalue weighted by atomic mass is 32.1. The molecule has 4 heteroatoms. The summed E-state index contributed by atoms with van der Waals surface area (Å²) in [5.74, 6) is 0. The van der Waals surface area contributed by atoms with Crippen molar-refractivity contribution >= 4 is 34.6 Å². The first-order valence-electron chi connectivity index (χ1n) is 5.88. The standard InChI is InChI=1S/C14H14N2S2/c1-9-3-6-13-12(7-9)15-14(17)16(13)8-11-5-4-10(2)18-11/h3-7H,8H2,1-2H3,(H,15,17). The Balaban J connectivity index is 2.11. The molecule has 0 unspecified atom stereocenters. The summed E-state index contributed by atoms with van der Waals surface area (Å²) >= 11 is 7.24. The summed E-state index contributed by atoms with van der Waals surface area (Å²) in [6.07, 6.45) is 0. The summed E-state index contributed by atoms with van der Waals surface area (Å²) in [6.45, 7) is 5.07. The molecular weight excluding hydrogens is 260 g/mol. The Morgan fingerprint density at radius 2 is 2.06 bits per heavy atom. The molecule has 0 atom stereocenters. The number of aryl methyl sites for hydroxylation is 2. The van der Waals surface area contributed by atoms with Crippen LogP contribution in [-0.4, -0.2) is 9.55 Å². The van der Waals surface area contributed by atoms with Gasteiger partial charge in [0.15, 0.2) is 4.77 Å².